The fourth-order valence-corrected chi connectivity index (χ4v) is 3.37. The summed E-state index contributed by atoms with van der Waals surface area (Å²) in [6.07, 6.45) is 7.53. The smallest absolute Gasteiger partial charge is 0.0505 e. The van der Waals surface area contributed by atoms with E-state index in [1.807, 2.05) is 18.3 Å². The van der Waals surface area contributed by atoms with Gasteiger partial charge in [-0.25, -0.2) is 0 Å². The van der Waals surface area contributed by atoms with Crippen LogP contribution >= 0.6 is 11.6 Å². The first-order chi connectivity index (χ1) is 11.2. The third-order valence-electron chi connectivity index (χ3n) is 4.53. The maximum Gasteiger partial charge on any atom is 0.0505 e. The zero-order valence-corrected chi connectivity index (χ0v) is 14.5. The molecule has 2 aromatic rings. The van der Waals surface area contributed by atoms with Crippen molar-refractivity contribution in [2.45, 2.75) is 33.1 Å². The van der Waals surface area contributed by atoms with E-state index in [1.54, 1.807) is 0 Å². The number of hydrogen-bond acceptors (Lipinski definition) is 2. The second-order valence-corrected chi connectivity index (χ2v) is 6.64. The molecule has 1 aromatic heterocycles. The predicted octanol–water partition coefficient (Wildman–Crippen LogP) is 5.38. The number of nitrogens with one attached hydrogen (secondary N) is 1. The number of rotatable bonds is 5. The molecule has 2 nitrogen and oxygen atoms in total. The van der Waals surface area contributed by atoms with Gasteiger partial charge in [-0.2, -0.15) is 0 Å². The van der Waals surface area contributed by atoms with Gasteiger partial charge in [-0.1, -0.05) is 36.7 Å². The quantitative estimate of drug-likeness (QED) is 0.798. The number of halogens is 1. The Bertz CT molecular complexity index is 704. The van der Waals surface area contributed by atoms with Crippen LogP contribution in [0.5, 0.6) is 0 Å². The van der Waals surface area contributed by atoms with Crippen LogP contribution in [-0.2, 0) is 12.8 Å². The van der Waals surface area contributed by atoms with E-state index in [2.05, 4.69) is 48.4 Å². The Kier molecular flexibility index (Phi) is 5.02. The molecule has 0 fully saturated rings. The number of pyridine rings is 1. The molecular formula is C20H23ClN2. The molecule has 3 heteroatoms. The summed E-state index contributed by atoms with van der Waals surface area (Å²) >= 11 is 5.93. The Morgan fingerprint density at radius 3 is 2.74 bits per heavy atom. The van der Waals surface area contributed by atoms with Crippen molar-refractivity contribution in [3.63, 3.8) is 0 Å². The van der Waals surface area contributed by atoms with Crippen LogP contribution in [0.25, 0.3) is 5.57 Å². The van der Waals surface area contributed by atoms with Crippen LogP contribution < -0.4 is 5.32 Å². The highest BCUT2D eigenvalue weighted by Gasteiger charge is 2.19. The Morgan fingerprint density at radius 2 is 2.00 bits per heavy atom. The van der Waals surface area contributed by atoms with E-state index in [0.717, 1.165) is 24.4 Å². The molecule has 1 unspecified atom stereocenters. The Labute approximate surface area is 143 Å². The molecule has 1 aliphatic carbocycles. The summed E-state index contributed by atoms with van der Waals surface area (Å²) in [5.74, 6) is 0.624. The van der Waals surface area contributed by atoms with Crippen molar-refractivity contribution in [2.24, 2.45) is 5.92 Å². The minimum absolute atomic E-state index is 0.624. The second-order valence-electron chi connectivity index (χ2n) is 6.21. The average Bonchev–Trinajstić information content (AvgIpc) is 2.56. The van der Waals surface area contributed by atoms with Crippen LogP contribution in [0.1, 0.15) is 37.1 Å². The number of anilines is 1. The average molecular weight is 327 g/mol. The van der Waals surface area contributed by atoms with E-state index >= 15 is 0 Å². The molecule has 3 rings (SSSR count). The first kappa shape index (κ1) is 16.1. The molecule has 0 bridgehead atoms. The molecule has 1 N–H and O–H groups in total. The summed E-state index contributed by atoms with van der Waals surface area (Å²) in [6.45, 7) is 5.35. The molecule has 23 heavy (non-hydrogen) atoms. The van der Waals surface area contributed by atoms with Crippen LogP contribution in [0.15, 0.2) is 42.6 Å². The van der Waals surface area contributed by atoms with Gasteiger partial charge in [0, 0.05) is 29.0 Å². The highest BCUT2D eigenvalue weighted by Crippen LogP contribution is 2.34. The van der Waals surface area contributed by atoms with Gasteiger partial charge in [-0.3, -0.25) is 4.98 Å². The zero-order chi connectivity index (χ0) is 16.2. The van der Waals surface area contributed by atoms with E-state index in [4.69, 9.17) is 11.6 Å². The summed E-state index contributed by atoms with van der Waals surface area (Å²) in [5, 5.41) is 4.37. The highest BCUT2D eigenvalue weighted by molar-refractivity contribution is 6.30. The molecule has 0 amide bonds. The van der Waals surface area contributed by atoms with E-state index in [0.29, 0.717) is 5.92 Å². The third-order valence-corrected chi connectivity index (χ3v) is 4.78. The molecule has 1 aliphatic rings. The molecular weight excluding hydrogens is 304 g/mol. The van der Waals surface area contributed by atoms with Gasteiger partial charge >= 0.3 is 0 Å². The van der Waals surface area contributed by atoms with Gasteiger partial charge in [0.25, 0.3) is 0 Å². The van der Waals surface area contributed by atoms with E-state index < -0.39 is 0 Å². The number of nitrogens with zero attached hydrogens (tertiary/aromatic N) is 1. The lowest BCUT2D eigenvalue weighted by atomic mass is 9.86. The van der Waals surface area contributed by atoms with Crippen LogP contribution in [0.2, 0.25) is 5.02 Å². The molecule has 1 atom stereocenters. The molecule has 0 saturated heterocycles. The largest absolute Gasteiger partial charge is 0.384 e. The lowest BCUT2D eigenvalue weighted by Gasteiger charge is -2.23. The standard InChI is InChI=1S/C20H23ClN2/c1-3-15-12-14(2)20-18(9-11-23-19(20)13-15)22-10-8-16-4-6-17(21)7-5-16/h4-7,9,11-12,15H,3,8,10,13H2,1-2H3,(H,22,23). The van der Waals surface area contributed by atoms with Crippen LogP contribution in [-0.4, -0.2) is 11.5 Å². The first-order valence-corrected chi connectivity index (χ1v) is 8.70. The molecule has 0 radical (unpaired) electrons. The topological polar surface area (TPSA) is 24.9 Å². The molecule has 0 spiro atoms. The van der Waals surface area contributed by atoms with Crippen LogP contribution in [0, 0.1) is 5.92 Å². The molecule has 120 valence electrons. The van der Waals surface area contributed by atoms with Crippen LogP contribution in [0.4, 0.5) is 5.69 Å². The van der Waals surface area contributed by atoms with E-state index in [9.17, 15) is 0 Å². The fraction of sp³-hybridized carbons (Fsp3) is 0.350. The van der Waals surface area contributed by atoms with Gasteiger partial charge in [0.05, 0.1) is 5.69 Å². The van der Waals surface area contributed by atoms with Crippen molar-refractivity contribution >= 4 is 22.9 Å². The second kappa shape index (κ2) is 7.18. The van der Waals surface area contributed by atoms with Crippen molar-refractivity contribution in [3.8, 4) is 0 Å². The number of benzene rings is 1. The van der Waals surface area contributed by atoms with Crippen molar-refractivity contribution in [1.82, 2.24) is 4.98 Å². The highest BCUT2D eigenvalue weighted by atomic mass is 35.5. The summed E-state index contributed by atoms with van der Waals surface area (Å²) < 4.78 is 0. The molecule has 1 heterocycles. The normalized spacial score (nSPS) is 16.7. The summed E-state index contributed by atoms with van der Waals surface area (Å²) in [7, 11) is 0. The van der Waals surface area contributed by atoms with Gasteiger partial charge in [0.15, 0.2) is 0 Å². The molecule has 0 saturated carbocycles. The number of allylic oxidation sites excluding steroid dienone is 2. The third kappa shape index (κ3) is 3.76. The van der Waals surface area contributed by atoms with Gasteiger partial charge in [0.2, 0.25) is 0 Å². The SMILES string of the molecule is CCC1C=C(C)c2c(NCCc3ccc(Cl)cc3)ccnc2C1. The minimum atomic E-state index is 0.624. The van der Waals surface area contributed by atoms with Gasteiger partial charge in [-0.05, 0) is 61.4 Å². The zero-order valence-electron chi connectivity index (χ0n) is 13.8. The van der Waals surface area contributed by atoms with Gasteiger partial charge in [-0.15, -0.1) is 0 Å². The van der Waals surface area contributed by atoms with Gasteiger partial charge < -0.3 is 5.32 Å². The lowest BCUT2D eigenvalue weighted by Crippen LogP contribution is -2.14. The van der Waals surface area contributed by atoms with E-state index in [-0.39, 0.29) is 0 Å². The van der Waals surface area contributed by atoms with Crippen LogP contribution in [0.3, 0.4) is 0 Å². The minimum Gasteiger partial charge on any atom is -0.384 e. The van der Waals surface area contributed by atoms with Crippen molar-refractivity contribution < 1.29 is 0 Å². The first-order valence-electron chi connectivity index (χ1n) is 8.32. The number of fused-ring (bicyclic) bond motifs is 1. The van der Waals surface area contributed by atoms with Crippen molar-refractivity contribution in [2.75, 3.05) is 11.9 Å². The fourth-order valence-electron chi connectivity index (χ4n) is 3.25. The maximum absolute atomic E-state index is 5.93. The molecule has 0 aliphatic heterocycles. The Balaban J connectivity index is 1.71. The summed E-state index contributed by atoms with van der Waals surface area (Å²) in [6, 6.07) is 10.2. The Morgan fingerprint density at radius 1 is 1.22 bits per heavy atom. The van der Waals surface area contributed by atoms with Gasteiger partial charge in [0.1, 0.15) is 0 Å². The molecule has 1 aromatic carbocycles. The van der Waals surface area contributed by atoms with E-state index in [1.165, 1.54) is 34.5 Å². The maximum atomic E-state index is 5.93. The lowest BCUT2D eigenvalue weighted by molar-refractivity contribution is 0.607. The monoisotopic (exact) mass is 326 g/mol. The van der Waals surface area contributed by atoms with Crippen molar-refractivity contribution in [3.05, 3.63) is 64.4 Å². The predicted molar refractivity (Wildman–Crippen MR) is 99.0 cm³/mol. The number of aromatic nitrogens is 1. The Hall–Kier alpha value is -1.80. The van der Waals surface area contributed by atoms with Crippen molar-refractivity contribution in [1.29, 1.82) is 0 Å². The number of hydrogen-bond donors (Lipinski definition) is 1. The summed E-state index contributed by atoms with van der Waals surface area (Å²) in [4.78, 5) is 4.61. The summed E-state index contributed by atoms with van der Waals surface area (Å²) in [5.41, 5.74) is 6.37.